The molecular formula is C15H24O. The molecule has 0 radical (unpaired) electrons. The van der Waals surface area contributed by atoms with Crippen molar-refractivity contribution in [3.05, 3.63) is 11.6 Å². The van der Waals surface area contributed by atoms with E-state index in [1.54, 1.807) is 0 Å². The molecule has 0 saturated heterocycles. The number of carbonyl (C=O) groups excluding carboxylic acids is 1. The lowest BCUT2D eigenvalue weighted by Crippen LogP contribution is -2.46. The van der Waals surface area contributed by atoms with Crippen LogP contribution >= 0.6 is 0 Å². The average Bonchev–Trinajstić information content (AvgIpc) is 2.15. The quantitative estimate of drug-likeness (QED) is 0.561. The smallest absolute Gasteiger partial charge is 0.140 e. The molecule has 90 valence electrons. The molecule has 0 N–H and O–H groups in total. The minimum Gasteiger partial charge on any atom is -0.299 e. The maximum absolute atomic E-state index is 12.5. The monoisotopic (exact) mass is 220 g/mol. The maximum Gasteiger partial charge on any atom is 0.140 e. The molecular weight excluding hydrogens is 196 g/mol. The van der Waals surface area contributed by atoms with Gasteiger partial charge in [0.15, 0.2) is 0 Å². The van der Waals surface area contributed by atoms with Gasteiger partial charge in [0, 0.05) is 11.8 Å². The minimum absolute atomic E-state index is 0.00493. The van der Waals surface area contributed by atoms with Crippen molar-refractivity contribution in [3.63, 3.8) is 0 Å². The van der Waals surface area contributed by atoms with Crippen molar-refractivity contribution in [3.8, 4) is 0 Å². The molecule has 1 fully saturated rings. The summed E-state index contributed by atoms with van der Waals surface area (Å²) in [6.07, 6.45) is 7.49. The highest BCUT2D eigenvalue weighted by molar-refractivity contribution is 5.87. The molecule has 2 aliphatic rings. The summed E-state index contributed by atoms with van der Waals surface area (Å²) in [7, 11) is 0. The molecule has 1 nitrogen and oxygen atoms in total. The molecule has 2 unspecified atom stereocenters. The van der Waals surface area contributed by atoms with Gasteiger partial charge in [0.25, 0.3) is 0 Å². The van der Waals surface area contributed by atoms with Gasteiger partial charge >= 0.3 is 0 Å². The van der Waals surface area contributed by atoms with E-state index in [1.165, 1.54) is 12.0 Å². The summed E-state index contributed by atoms with van der Waals surface area (Å²) in [4.78, 5) is 12.5. The Labute approximate surface area is 99.3 Å². The van der Waals surface area contributed by atoms with Crippen LogP contribution in [-0.2, 0) is 4.79 Å². The number of ketones is 1. The number of allylic oxidation sites excluding steroid dienone is 2. The standard InChI is InChI=1S/C15H24O/c1-11-5-7-15(8-6-11)12(2)9-14(3,4)10-13(15)16/h5,12H,6-10H2,1-4H3. The third-order valence-corrected chi connectivity index (χ3v) is 4.78. The van der Waals surface area contributed by atoms with Crippen LogP contribution in [0.4, 0.5) is 0 Å². The van der Waals surface area contributed by atoms with E-state index in [0.717, 1.165) is 25.7 Å². The van der Waals surface area contributed by atoms with Crippen LogP contribution in [0.25, 0.3) is 0 Å². The van der Waals surface area contributed by atoms with Gasteiger partial charge in [-0.2, -0.15) is 0 Å². The molecule has 0 bridgehead atoms. The van der Waals surface area contributed by atoms with Gasteiger partial charge in [-0.15, -0.1) is 0 Å². The fraction of sp³-hybridized carbons (Fsp3) is 0.800. The van der Waals surface area contributed by atoms with Crippen molar-refractivity contribution in [1.29, 1.82) is 0 Å². The number of carbonyl (C=O) groups is 1. The van der Waals surface area contributed by atoms with Gasteiger partial charge in [-0.1, -0.05) is 32.4 Å². The predicted molar refractivity (Wildman–Crippen MR) is 67.2 cm³/mol. The Morgan fingerprint density at radius 3 is 2.56 bits per heavy atom. The number of rotatable bonds is 0. The van der Waals surface area contributed by atoms with E-state index in [9.17, 15) is 4.79 Å². The lowest BCUT2D eigenvalue weighted by Gasteiger charge is -2.48. The molecule has 2 aliphatic carbocycles. The van der Waals surface area contributed by atoms with Gasteiger partial charge in [-0.05, 0) is 43.9 Å². The molecule has 0 aliphatic heterocycles. The molecule has 0 amide bonds. The third-order valence-electron chi connectivity index (χ3n) is 4.78. The van der Waals surface area contributed by atoms with Crippen LogP contribution in [0.1, 0.15) is 59.8 Å². The zero-order valence-corrected chi connectivity index (χ0v) is 11.1. The Bertz CT molecular complexity index is 337. The normalized spacial score (nSPS) is 38.6. The molecule has 16 heavy (non-hydrogen) atoms. The first-order valence-corrected chi connectivity index (χ1v) is 6.55. The SMILES string of the molecule is CC1=CCC2(CC1)C(=O)CC(C)(C)CC2C. The maximum atomic E-state index is 12.5. The summed E-state index contributed by atoms with van der Waals surface area (Å²) in [5.41, 5.74) is 1.68. The molecule has 1 heteroatoms. The zero-order chi connectivity index (χ0) is 12.0. The summed E-state index contributed by atoms with van der Waals surface area (Å²) in [6.45, 7) is 8.94. The molecule has 0 heterocycles. The van der Waals surface area contributed by atoms with Crippen LogP contribution in [0.2, 0.25) is 0 Å². The minimum atomic E-state index is -0.00493. The molecule has 0 aromatic heterocycles. The Morgan fingerprint density at radius 2 is 2.06 bits per heavy atom. The second-order valence-corrected chi connectivity index (χ2v) is 6.78. The molecule has 1 spiro atoms. The summed E-state index contributed by atoms with van der Waals surface area (Å²) < 4.78 is 0. The van der Waals surface area contributed by atoms with Crippen LogP contribution < -0.4 is 0 Å². The van der Waals surface area contributed by atoms with E-state index in [2.05, 4.69) is 33.8 Å². The summed E-state index contributed by atoms with van der Waals surface area (Å²) >= 11 is 0. The second kappa shape index (κ2) is 3.72. The van der Waals surface area contributed by atoms with Gasteiger partial charge in [0.05, 0.1) is 0 Å². The number of hydrogen-bond acceptors (Lipinski definition) is 1. The van der Waals surface area contributed by atoms with E-state index in [4.69, 9.17) is 0 Å². The molecule has 2 rings (SSSR count). The van der Waals surface area contributed by atoms with Crippen LogP contribution in [-0.4, -0.2) is 5.78 Å². The summed E-state index contributed by atoms with van der Waals surface area (Å²) in [6, 6.07) is 0. The Balaban J connectivity index is 2.25. The number of hydrogen-bond donors (Lipinski definition) is 0. The van der Waals surface area contributed by atoms with Crippen molar-refractivity contribution >= 4 is 5.78 Å². The predicted octanol–water partition coefficient (Wildman–Crippen LogP) is 4.13. The highest BCUT2D eigenvalue weighted by atomic mass is 16.1. The first-order valence-electron chi connectivity index (χ1n) is 6.55. The van der Waals surface area contributed by atoms with Gasteiger partial charge in [0.2, 0.25) is 0 Å². The van der Waals surface area contributed by atoms with Gasteiger partial charge in [-0.25, -0.2) is 0 Å². The van der Waals surface area contributed by atoms with E-state index in [1.807, 2.05) is 0 Å². The van der Waals surface area contributed by atoms with E-state index in [-0.39, 0.29) is 10.8 Å². The average molecular weight is 220 g/mol. The van der Waals surface area contributed by atoms with E-state index in [0.29, 0.717) is 11.7 Å². The van der Waals surface area contributed by atoms with Gasteiger partial charge in [0.1, 0.15) is 5.78 Å². The van der Waals surface area contributed by atoms with Crippen LogP contribution in [0, 0.1) is 16.7 Å². The molecule has 0 aromatic rings. The van der Waals surface area contributed by atoms with Crippen LogP contribution in [0.15, 0.2) is 11.6 Å². The molecule has 1 saturated carbocycles. The largest absolute Gasteiger partial charge is 0.299 e. The number of Topliss-reactive ketones (excluding diaryl/α,β-unsaturated/α-hetero) is 1. The Morgan fingerprint density at radius 1 is 1.38 bits per heavy atom. The van der Waals surface area contributed by atoms with Gasteiger partial charge < -0.3 is 0 Å². The van der Waals surface area contributed by atoms with Crippen molar-refractivity contribution in [2.75, 3.05) is 0 Å². The second-order valence-electron chi connectivity index (χ2n) is 6.78. The fourth-order valence-electron chi connectivity index (χ4n) is 3.66. The zero-order valence-electron chi connectivity index (χ0n) is 11.1. The first-order chi connectivity index (χ1) is 7.36. The van der Waals surface area contributed by atoms with E-state index >= 15 is 0 Å². The van der Waals surface area contributed by atoms with Crippen molar-refractivity contribution < 1.29 is 4.79 Å². The van der Waals surface area contributed by atoms with Crippen molar-refractivity contribution in [2.45, 2.75) is 59.8 Å². The lowest BCUT2D eigenvalue weighted by molar-refractivity contribution is -0.140. The molecule has 2 atom stereocenters. The third kappa shape index (κ3) is 1.85. The lowest BCUT2D eigenvalue weighted by atomic mass is 9.55. The summed E-state index contributed by atoms with van der Waals surface area (Å²) in [5, 5.41) is 0. The topological polar surface area (TPSA) is 17.1 Å². The Hall–Kier alpha value is -0.590. The summed E-state index contributed by atoms with van der Waals surface area (Å²) in [5.74, 6) is 1.08. The van der Waals surface area contributed by atoms with Crippen LogP contribution in [0.5, 0.6) is 0 Å². The molecule has 0 aromatic carbocycles. The first kappa shape index (κ1) is 11.9. The van der Waals surface area contributed by atoms with E-state index < -0.39 is 0 Å². The fourth-order valence-corrected chi connectivity index (χ4v) is 3.66. The highest BCUT2D eigenvalue weighted by Crippen LogP contribution is 2.52. The highest BCUT2D eigenvalue weighted by Gasteiger charge is 2.49. The van der Waals surface area contributed by atoms with Crippen molar-refractivity contribution in [1.82, 2.24) is 0 Å². The van der Waals surface area contributed by atoms with Crippen molar-refractivity contribution in [2.24, 2.45) is 16.7 Å². The van der Waals surface area contributed by atoms with Crippen LogP contribution in [0.3, 0.4) is 0 Å². The Kier molecular flexibility index (Phi) is 2.76. The van der Waals surface area contributed by atoms with Gasteiger partial charge in [-0.3, -0.25) is 4.79 Å².